The summed E-state index contributed by atoms with van der Waals surface area (Å²) < 4.78 is 5.30. The van der Waals surface area contributed by atoms with Crippen molar-refractivity contribution >= 4 is 5.82 Å². The van der Waals surface area contributed by atoms with Crippen molar-refractivity contribution in [2.75, 3.05) is 31.7 Å². The van der Waals surface area contributed by atoms with Crippen LogP contribution in [-0.4, -0.2) is 47.5 Å². The zero-order valence-corrected chi connectivity index (χ0v) is 11.8. The maximum Gasteiger partial charge on any atom is 0.132 e. The van der Waals surface area contributed by atoms with Crippen LogP contribution >= 0.6 is 0 Å². The van der Waals surface area contributed by atoms with E-state index in [0.29, 0.717) is 32.6 Å². The summed E-state index contributed by atoms with van der Waals surface area (Å²) in [6.45, 7) is 3.99. The molecule has 0 saturated carbocycles. The van der Waals surface area contributed by atoms with E-state index < -0.39 is 5.60 Å². The van der Waals surface area contributed by atoms with Gasteiger partial charge in [-0.25, -0.2) is 9.97 Å². The molecule has 19 heavy (non-hydrogen) atoms. The number of likely N-dealkylation sites (N-methyl/N-ethyl adjacent to an activating group) is 1. The SMILES string of the molecule is CCCc1cc(N(C)CC2(O)CCOCC2)ncn1. The summed E-state index contributed by atoms with van der Waals surface area (Å²) in [5, 5.41) is 10.5. The standard InChI is InChI=1S/C14H23N3O2/c1-3-4-12-9-13(16-11-15-12)17(2)10-14(18)5-7-19-8-6-14/h9,11,18H,3-8,10H2,1-2H3. The van der Waals surface area contributed by atoms with Gasteiger partial charge >= 0.3 is 0 Å². The van der Waals surface area contributed by atoms with E-state index in [0.717, 1.165) is 24.4 Å². The van der Waals surface area contributed by atoms with Crippen LogP contribution in [0.2, 0.25) is 0 Å². The molecule has 1 aliphatic heterocycles. The average Bonchev–Trinajstić information content (AvgIpc) is 2.40. The number of anilines is 1. The lowest BCUT2D eigenvalue weighted by Crippen LogP contribution is -2.46. The van der Waals surface area contributed by atoms with Gasteiger partial charge in [-0.1, -0.05) is 13.3 Å². The van der Waals surface area contributed by atoms with Gasteiger partial charge in [0.05, 0.1) is 5.60 Å². The van der Waals surface area contributed by atoms with E-state index in [4.69, 9.17) is 4.74 Å². The molecular weight excluding hydrogens is 242 g/mol. The zero-order valence-electron chi connectivity index (χ0n) is 11.8. The average molecular weight is 265 g/mol. The Balaban J connectivity index is 2.02. The molecule has 0 spiro atoms. The Morgan fingerprint density at radius 1 is 1.37 bits per heavy atom. The Bertz CT molecular complexity index is 405. The lowest BCUT2D eigenvalue weighted by molar-refractivity contribution is -0.0573. The minimum Gasteiger partial charge on any atom is -0.388 e. The molecule has 1 N–H and O–H groups in total. The molecule has 5 heteroatoms. The molecule has 0 atom stereocenters. The highest BCUT2D eigenvalue weighted by molar-refractivity contribution is 5.38. The van der Waals surface area contributed by atoms with Crippen molar-refractivity contribution in [3.8, 4) is 0 Å². The monoisotopic (exact) mass is 265 g/mol. The molecule has 0 amide bonds. The topological polar surface area (TPSA) is 58.5 Å². The Morgan fingerprint density at radius 2 is 2.11 bits per heavy atom. The van der Waals surface area contributed by atoms with E-state index >= 15 is 0 Å². The fraction of sp³-hybridized carbons (Fsp3) is 0.714. The third-order valence-corrected chi connectivity index (χ3v) is 3.56. The molecule has 1 aromatic rings. The maximum atomic E-state index is 10.5. The highest BCUT2D eigenvalue weighted by Gasteiger charge is 2.31. The Kier molecular flexibility index (Phi) is 4.71. The molecule has 0 aliphatic carbocycles. The van der Waals surface area contributed by atoms with Crippen molar-refractivity contribution in [1.29, 1.82) is 0 Å². The lowest BCUT2D eigenvalue weighted by Gasteiger charge is -2.35. The third-order valence-electron chi connectivity index (χ3n) is 3.56. The van der Waals surface area contributed by atoms with Gasteiger partial charge in [0.15, 0.2) is 0 Å². The van der Waals surface area contributed by atoms with Gasteiger partial charge < -0.3 is 14.7 Å². The second-order valence-electron chi connectivity index (χ2n) is 5.31. The van der Waals surface area contributed by atoms with E-state index in [1.807, 2.05) is 18.0 Å². The molecule has 1 aromatic heterocycles. The minimum absolute atomic E-state index is 0.582. The summed E-state index contributed by atoms with van der Waals surface area (Å²) in [6.07, 6.45) is 5.00. The van der Waals surface area contributed by atoms with Gasteiger partial charge in [0.2, 0.25) is 0 Å². The van der Waals surface area contributed by atoms with Crippen LogP contribution in [0.5, 0.6) is 0 Å². The van der Waals surface area contributed by atoms with Crippen LogP contribution in [-0.2, 0) is 11.2 Å². The van der Waals surface area contributed by atoms with E-state index in [-0.39, 0.29) is 0 Å². The van der Waals surface area contributed by atoms with Crippen molar-refractivity contribution in [3.05, 3.63) is 18.1 Å². The van der Waals surface area contributed by atoms with Gasteiger partial charge in [-0.15, -0.1) is 0 Å². The first kappa shape index (κ1) is 14.2. The van der Waals surface area contributed by atoms with E-state index in [9.17, 15) is 5.11 Å². The van der Waals surface area contributed by atoms with Crippen LogP contribution in [0, 0.1) is 0 Å². The van der Waals surface area contributed by atoms with Crippen molar-refractivity contribution < 1.29 is 9.84 Å². The first-order valence-corrected chi connectivity index (χ1v) is 6.95. The van der Waals surface area contributed by atoms with Gasteiger partial charge in [-0.2, -0.15) is 0 Å². The largest absolute Gasteiger partial charge is 0.388 e. The van der Waals surface area contributed by atoms with Gasteiger partial charge in [-0.3, -0.25) is 0 Å². The quantitative estimate of drug-likeness (QED) is 0.872. The molecule has 2 heterocycles. The minimum atomic E-state index is -0.664. The summed E-state index contributed by atoms with van der Waals surface area (Å²) in [7, 11) is 1.96. The fourth-order valence-corrected chi connectivity index (χ4v) is 2.42. The van der Waals surface area contributed by atoms with Crippen molar-refractivity contribution in [3.63, 3.8) is 0 Å². The number of aliphatic hydroxyl groups is 1. The highest BCUT2D eigenvalue weighted by atomic mass is 16.5. The van der Waals surface area contributed by atoms with Gasteiger partial charge in [-0.05, 0) is 6.42 Å². The van der Waals surface area contributed by atoms with E-state index in [1.54, 1.807) is 6.33 Å². The number of aromatic nitrogens is 2. The molecular formula is C14H23N3O2. The van der Waals surface area contributed by atoms with Crippen LogP contribution < -0.4 is 4.90 Å². The lowest BCUT2D eigenvalue weighted by atomic mass is 9.94. The predicted octanol–water partition coefficient (Wildman–Crippen LogP) is 1.41. The molecule has 0 unspecified atom stereocenters. The molecule has 2 rings (SSSR count). The first-order chi connectivity index (χ1) is 9.13. The highest BCUT2D eigenvalue weighted by Crippen LogP contribution is 2.23. The molecule has 5 nitrogen and oxygen atoms in total. The van der Waals surface area contributed by atoms with Crippen LogP contribution in [0.3, 0.4) is 0 Å². The number of aryl methyl sites for hydroxylation is 1. The van der Waals surface area contributed by atoms with Crippen LogP contribution in [0.1, 0.15) is 31.9 Å². The molecule has 0 aromatic carbocycles. The van der Waals surface area contributed by atoms with Gasteiger partial charge in [0, 0.05) is 51.4 Å². The number of hydrogen-bond donors (Lipinski definition) is 1. The number of ether oxygens (including phenoxy) is 1. The first-order valence-electron chi connectivity index (χ1n) is 6.95. The van der Waals surface area contributed by atoms with Gasteiger partial charge in [0.1, 0.15) is 12.1 Å². The molecule has 106 valence electrons. The smallest absolute Gasteiger partial charge is 0.132 e. The molecule has 0 bridgehead atoms. The molecule has 1 aliphatic rings. The van der Waals surface area contributed by atoms with Crippen molar-refractivity contribution in [1.82, 2.24) is 9.97 Å². The van der Waals surface area contributed by atoms with Crippen LogP contribution in [0.15, 0.2) is 12.4 Å². The zero-order chi connectivity index (χ0) is 13.7. The molecule has 0 radical (unpaired) electrons. The fourth-order valence-electron chi connectivity index (χ4n) is 2.42. The van der Waals surface area contributed by atoms with E-state index in [2.05, 4.69) is 16.9 Å². The second kappa shape index (κ2) is 6.30. The number of rotatable bonds is 5. The summed E-state index contributed by atoms with van der Waals surface area (Å²) in [4.78, 5) is 10.6. The second-order valence-corrected chi connectivity index (χ2v) is 5.31. The van der Waals surface area contributed by atoms with Crippen molar-refractivity contribution in [2.24, 2.45) is 0 Å². The maximum absolute atomic E-state index is 10.5. The predicted molar refractivity (Wildman–Crippen MR) is 74.3 cm³/mol. The van der Waals surface area contributed by atoms with E-state index in [1.165, 1.54) is 0 Å². The Hall–Kier alpha value is -1.20. The number of hydrogen-bond acceptors (Lipinski definition) is 5. The summed E-state index contributed by atoms with van der Waals surface area (Å²) in [5.41, 5.74) is 0.390. The molecule has 1 saturated heterocycles. The van der Waals surface area contributed by atoms with Crippen molar-refractivity contribution in [2.45, 2.75) is 38.2 Å². The normalized spacial score (nSPS) is 18.3. The Labute approximate surface area is 114 Å². The summed E-state index contributed by atoms with van der Waals surface area (Å²) in [5.74, 6) is 0.873. The Morgan fingerprint density at radius 3 is 2.79 bits per heavy atom. The summed E-state index contributed by atoms with van der Waals surface area (Å²) in [6, 6.07) is 2.01. The third kappa shape index (κ3) is 3.88. The van der Waals surface area contributed by atoms with Gasteiger partial charge in [0.25, 0.3) is 0 Å². The summed E-state index contributed by atoms with van der Waals surface area (Å²) >= 11 is 0. The molecule has 1 fully saturated rings. The van der Waals surface area contributed by atoms with Crippen LogP contribution in [0.25, 0.3) is 0 Å². The number of nitrogens with zero attached hydrogens (tertiary/aromatic N) is 3. The van der Waals surface area contributed by atoms with Crippen LogP contribution in [0.4, 0.5) is 5.82 Å².